The lowest BCUT2D eigenvalue weighted by Crippen LogP contribution is -2.47. The van der Waals surface area contributed by atoms with E-state index >= 15 is 0 Å². The van der Waals surface area contributed by atoms with Crippen LogP contribution in [0.1, 0.15) is 23.7 Å². The largest absolute Gasteiger partial charge is 0.433 e. The van der Waals surface area contributed by atoms with Crippen LogP contribution in [0.3, 0.4) is 0 Å². The molecule has 32 heavy (non-hydrogen) atoms. The number of hydrogen-bond acceptors (Lipinski definition) is 6. The van der Waals surface area contributed by atoms with Crippen LogP contribution >= 0.6 is 11.8 Å². The minimum Gasteiger partial charge on any atom is -0.433 e. The summed E-state index contributed by atoms with van der Waals surface area (Å²) in [5.41, 5.74) is -0.420. The number of sulfone groups is 1. The Bertz CT molecular complexity index is 1110. The maximum Gasteiger partial charge on any atom is 0.387 e. The third-order valence-electron chi connectivity index (χ3n) is 4.79. The zero-order valence-electron chi connectivity index (χ0n) is 17.1. The molecule has 7 nitrogen and oxygen atoms in total. The fourth-order valence-electron chi connectivity index (χ4n) is 3.33. The van der Waals surface area contributed by atoms with Gasteiger partial charge in [0.1, 0.15) is 5.75 Å². The fourth-order valence-corrected chi connectivity index (χ4v) is 6.27. The molecule has 1 saturated heterocycles. The third kappa shape index (κ3) is 6.42. The average molecular weight is 485 g/mol. The summed E-state index contributed by atoms with van der Waals surface area (Å²) in [6, 6.07) is 12.5. The number of rotatable bonds is 8. The number of carbonyl (C=O) groups is 2. The van der Waals surface area contributed by atoms with Crippen molar-refractivity contribution < 1.29 is 31.5 Å². The predicted molar refractivity (Wildman–Crippen MR) is 118 cm³/mol. The minimum absolute atomic E-state index is 0.0249. The Morgan fingerprint density at radius 3 is 2.53 bits per heavy atom. The Hall–Kier alpha value is -2.66. The van der Waals surface area contributed by atoms with E-state index in [0.717, 1.165) is 11.8 Å². The number of amides is 2. The number of anilines is 1. The highest BCUT2D eigenvalue weighted by Crippen LogP contribution is 2.28. The number of nitrogens with one attached hydrogen (secondary N) is 2. The molecule has 172 valence electrons. The number of ether oxygens (including phenoxy) is 1. The van der Waals surface area contributed by atoms with Crippen molar-refractivity contribution in [2.45, 2.75) is 30.4 Å². The van der Waals surface area contributed by atoms with Crippen LogP contribution in [-0.4, -0.2) is 49.6 Å². The summed E-state index contributed by atoms with van der Waals surface area (Å²) in [5, 5.41) is 5.32. The first-order chi connectivity index (χ1) is 15.1. The van der Waals surface area contributed by atoms with E-state index in [1.807, 2.05) is 0 Å². The third-order valence-corrected chi connectivity index (χ3v) is 7.76. The summed E-state index contributed by atoms with van der Waals surface area (Å²) >= 11 is 1.10. The monoisotopic (exact) mass is 484 g/mol. The van der Waals surface area contributed by atoms with Crippen molar-refractivity contribution in [1.82, 2.24) is 5.32 Å². The maximum absolute atomic E-state index is 12.8. The fraction of sp³-hybridized carbons (Fsp3) is 0.333. The second-order valence-corrected chi connectivity index (χ2v) is 10.8. The van der Waals surface area contributed by atoms with Gasteiger partial charge in [0.25, 0.3) is 5.91 Å². The number of hydrogen-bond donors (Lipinski definition) is 2. The van der Waals surface area contributed by atoms with Gasteiger partial charge >= 0.3 is 6.61 Å². The first-order valence-corrected chi connectivity index (χ1v) is 12.5. The van der Waals surface area contributed by atoms with Crippen molar-refractivity contribution in [3.05, 3.63) is 54.1 Å². The Morgan fingerprint density at radius 1 is 1.16 bits per heavy atom. The summed E-state index contributed by atoms with van der Waals surface area (Å²) in [6.07, 6.45) is 0.332. The molecule has 1 aliphatic heterocycles. The lowest BCUT2D eigenvalue weighted by molar-refractivity contribution is -0.113. The topological polar surface area (TPSA) is 102 Å². The van der Waals surface area contributed by atoms with Gasteiger partial charge in [-0.05, 0) is 37.6 Å². The van der Waals surface area contributed by atoms with E-state index in [1.165, 1.54) is 18.2 Å². The molecule has 0 aromatic heterocycles. The summed E-state index contributed by atoms with van der Waals surface area (Å²) < 4.78 is 53.0. The molecule has 1 atom stereocenters. The van der Waals surface area contributed by atoms with Crippen LogP contribution in [-0.2, 0) is 14.6 Å². The van der Waals surface area contributed by atoms with Crippen molar-refractivity contribution >= 4 is 39.1 Å². The second-order valence-electron chi connectivity index (χ2n) is 7.56. The molecule has 0 saturated carbocycles. The molecule has 0 radical (unpaired) electrons. The molecule has 2 aromatic carbocycles. The number of benzene rings is 2. The highest BCUT2D eigenvalue weighted by Gasteiger charge is 2.39. The van der Waals surface area contributed by atoms with Crippen molar-refractivity contribution in [3.8, 4) is 5.75 Å². The van der Waals surface area contributed by atoms with Gasteiger partial charge in [-0.2, -0.15) is 8.78 Å². The molecular weight excluding hydrogens is 462 g/mol. The Kier molecular flexibility index (Phi) is 7.40. The van der Waals surface area contributed by atoms with Crippen molar-refractivity contribution in [2.24, 2.45) is 0 Å². The van der Waals surface area contributed by atoms with Gasteiger partial charge in [-0.1, -0.05) is 24.3 Å². The van der Waals surface area contributed by atoms with Gasteiger partial charge in [0, 0.05) is 4.90 Å². The number of carbonyl (C=O) groups excluding carboxylic acids is 2. The van der Waals surface area contributed by atoms with Crippen LogP contribution in [0.2, 0.25) is 0 Å². The molecule has 3 rings (SSSR count). The van der Waals surface area contributed by atoms with E-state index in [2.05, 4.69) is 15.4 Å². The molecule has 1 fully saturated rings. The molecule has 2 amide bonds. The van der Waals surface area contributed by atoms with E-state index in [0.29, 0.717) is 16.9 Å². The zero-order valence-corrected chi connectivity index (χ0v) is 18.8. The van der Waals surface area contributed by atoms with Crippen molar-refractivity contribution in [3.63, 3.8) is 0 Å². The van der Waals surface area contributed by atoms with E-state index in [-0.39, 0.29) is 28.7 Å². The lowest BCUT2D eigenvalue weighted by atomic mass is 10.0. The standard InChI is InChI=1S/C21H22F2N2O5S2/c1-21(10-11-32(28,29)13-21)25-19(27)14-6-2-5-9-17(14)31-12-18(26)24-15-7-3-4-8-16(15)30-20(22)23/h2-9,20H,10-13H2,1H3,(H,24,26)(H,25,27)/t21-/m1/s1. The SMILES string of the molecule is C[C@@]1(NC(=O)c2ccccc2SCC(=O)Nc2ccccc2OC(F)F)CCS(=O)(=O)C1. The molecule has 11 heteroatoms. The van der Waals surface area contributed by atoms with Crippen LogP contribution < -0.4 is 15.4 Å². The van der Waals surface area contributed by atoms with Gasteiger partial charge in [0.15, 0.2) is 9.84 Å². The Balaban J connectivity index is 1.64. The number of para-hydroxylation sites is 2. The Morgan fingerprint density at radius 2 is 1.84 bits per heavy atom. The van der Waals surface area contributed by atoms with Crippen LogP contribution in [0.15, 0.2) is 53.4 Å². The molecule has 0 aliphatic carbocycles. The number of alkyl halides is 2. The molecule has 0 unspecified atom stereocenters. The van der Waals surface area contributed by atoms with Crippen LogP contribution in [0, 0.1) is 0 Å². The van der Waals surface area contributed by atoms with E-state index < -0.39 is 33.8 Å². The average Bonchev–Trinajstić information content (AvgIpc) is 3.00. The first kappa shape index (κ1) is 24.0. The van der Waals surface area contributed by atoms with Gasteiger partial charge in [-0.15, -0.1) is 11.8 Å². The first-order valence-electron chi connectivity index (χ1n) is 9.65. The predicted octanol–water partition coefficient (Wildman–Crippen LogP) is 3.33. The number of thioether (sulfide) groups is 1. The molecule has 0 bridgehead atoms. The summed E-state index contributed by atoms with van der Waals surface area (Å²) in [4.78, 5) is 25.7. The van der Waals surface area contributed by atoms with E-state index in [9.17, 15) is 26.8 Å². The highest BCUT2D eigenvalue weighted by atomic mass is 32.2. The molecule has 0 spiro atoms. The normalized spacial score (nSPS) is 19.5. The second kappa shape index (κ2) is 9.86. The quantitative estimate of drug-likeness (QED) is 0.558. The molecule has 2 N–H and O–H groups in total. The lowest BCUT2D eigenvalue weighted by Gasteiger charge is -2.24. The molecular formula is C21H22F2N2O5S2. The van der Waals surface area contributed by atoms with Gasteiger partial charge in [0.2, 0.25) is 5.91 Å². The van der Waals surface area contributed by atoms with Crippen molar-refractivity contribution in [1.29, 1.82) is 0 Å². The van der Waals surface area contributed by atoms with Crippen LogP contribution in [0.4, 0.5) is 14.5 Å². The van der Waals surface area contributed by atoms with Gasteiger partial charge in [0.05, 0.1) is 34.0 Å². The maximum atomic E-state index is 12.8. The van der Waals surface area contributed by atoms with Gasteiger partial charge < -0.3 is 15.4 Å². The van der Waals surface area contributed by atoms with E-state index in [4.69, 9.17) is 0 Å². The zero-order chi connectivity index (χ0) is 23.4. The van der Waals surface area contributed by atoms with E-state index in [1.54, 1.807) is 37.3 Å². The Labute approximate surface area is 188 Å². The van der Waals surface area contributed by atoms with Gasteiger partial charge in [-0.25, -0.2) is 8.42 Å². The summed E-state index contributed by atoms with van der Waals surface area (Å²) in [7, 11) is -3.18. The van der Waals surface area contributed by atoms with Crippen LogP contribution in [0.25, 0.3) is 0 Å². The molecule has 1 aliphatic rings. The highest BCUT2D eigenvalue weighted by molar-refractivity contribution is 8.00. The van der Waals surface area contributed by atoms with Gasteiger partial charge in [-0.3, -0.25) is 9.59 Å². The molecule has 1 heterocycles. The minimum atomic E-state index is -3.18. The summed E-state index contributed by atoms with van der Waals surface area (Å²) in [5.74, 6) is -1.23. The smallest absolute Gasteiger partial charge is 0.387 e. The van der Waals surface area contributed by atoms with Crippen LogP contribution in [0.5, 0.6) is 5.75 Å². The molecule has 2 aromatic rings. The summed E-state index contributed by atoms with van der Waals surface area (Å²) in [6.45, 7) is -1.33. The number of halogens is 2. The van der Waals surface area contributed by atoms with Crippen molar-refractivity contribution in [2.75, 3.05) is 22.6 Å².